The maximum atomic E-state index is 4.61. The van der Waals surface area contributed by atoms with Gasteiger partial charge in [0.1, 0.15) is 0 Å². The van der Waals surface area contributed by atoms with Crippen molar-refractivity contribution >= 4 is 0 Å². The highest BCUT2D eigenvalue weighted by Crippen LogP contribution is 2.37. The molecular formula is C20H29N3. The molecule has 1 atom stereocenters. The predicted molar refractivity (Wildman–Crippen MR) is 95.9 cm³/mol. The van der Waals surface area contributed by atoms with Crippen LogP contribution in [0.5, 0.6) is 0 Å². The van der Waals surface area contributed by atoms with E-state index in [1.807, 2.05) is 6.20 Å². The molecule has 0 bridgehead atoms. The summed E-state index contributed by atoms with van der Waals surface area (Å²) in [6.45, 7) is 15.3. The van der Waals surface area contributed by atoms with Gasteiger partial charge in [-0.1, -0.05) is 54.5 Å². The van der Waals surface area contributed by atoms with Crippen LogP contribution in [0.3, 0.4) is 0 Å². The molecule has 0 spiro atoms. The Morgan fingerprint density at radius 3 is 1.83 bits per heavy atom. The SMILES string of the molecule is CC(C)c1ccc(C(C)C(C)(C)c2ccc(C(C)C)nn2)cn1. The van der Waals surface area contributed by atoms with Gasteiger partial charge in [0, 0.05) is 17.3 Å². The first-order valence-corrected chi connectivity index (χ1v) is 8.53. The van der Waals surface area contributed by atoms with Crippen LogP contribution in [-0.2, 0) is 5.41 Å². The largest absolute Gasteiger partial charge is 0.261 e. The second-order valence-electron chi connectivity index (χ2n) is 7.61. The standard InChI is InChI=1S/C20H29N3/c1-13(2)17-9-8-16(12-21-17)15(5)20(6,7)19-11-10-18(14(3)4)22-23-19/h8-15H,1-7H3. The molecule has 0 aliphatic carbocycles. The Kier molecular flexibility index (Phi) is 5.18. The molecule has 1 unspecified atom stereocenters. The number of pyridine rings is 1. The van der Waals surface area contributed by atoms with Gasteiger partial charge in [0.2, 0.25) is 0 Å². The van der Waals surface area contributed by atoms with Crippen LogP contribution in [0.2, 0.25) is 0 Å². The summed E-state index contributed by atoms with van der Waals surface area (Å²) in [5.41, 5.74) is 4.36. The van der Waals surface area contributed by atoms with Crippen molar-refractivity contribution in [1.82, 2.24) is 15.2 Å². The normalized spacial score (nSPS) is 13.6. The van der Waals surface area contributed by atoms with E-state index < -0.39 is 0 Å². The van der Waals surface area contributed by atoms with Gasteiger partial charge in [-0.2, -0.15) is 10.2 Å². The van der Waals surface area contributed by atoms with Crippen molar-refractivity contribution < 1.29 is 0 Å². The van der Waals surface area contributed by atoms with Crippen LogP contribution in [0.25, 0.3) is 0 Å². The molecule has 124 valence electrons. The first kappa shape index (κ1) is 17.6. The first-order chi connectivity index (χ1) is 10.7. The second kappa shape index (κ2) is 6.77. The van der Waals surface area contributed by atoms with Crippen LogP contribution in [0.4, 0.5) is 0 Å². The Hall–Kier alpha value is -1.77. The lowest BCUT2D eigenvalue weighted by atomic mass is 9.74. The fourth-order valence-electron chi connectivity index (χ4n) is 2.65. The molecule has 0 N–H and O–H groups in total. The van der Waals surface area contributed by atoms with Gasteiger partial charge in [0.05, 0.1) is 11.4 Å². The summed E-state index contributed by atoms with van der Waals surface area (Å²) in [5, 5.41) is 8.89. The predicted octanol–water partition coefficient (Wildman–Crippen LogP) is 5.20. The van der Waals surface area contributed by atoms with Gasteiger partial charge in [0.25, 0.3) is 0 Å². The molecule has 0 amide bonds. The minimum atomic E-state index is -0.0937. The summed E-state index contributed by atoms with van der Waals surface area (Å²) < 4.78 is 0. The van der Waals surface area contributed by atoms with Crippen LogP contribution < -0.4 is 0 Å². The zero-order chi connectivity index (χ0) is 17.2. The summed E-state index contributed by atoms with van der Waals surface area (Å²) in [4.78, 5) is 4.61. The van der Waals surface area contributed by atoms with Crippen LogP contribution in [0, 0.1) is 0 Å². The summed E-state index contributed by atoms with van der Waals surface area (Å²) in [5.74, 6) is 1.18. The summed E-state index contributed by atoms with van der Waals surface area (Å²) in [6.07, 6.45) is 2.01. The maximum Gasteiger partial charge on any atom is 0.0693 e. The van der Waals surface area contributed by atoms with Crippen LogP contribution >= 0.6 is 0 Å². The number of hydrogen-bond donors (Lipinski definition) is 0. The van der Waals surface area contributed by atoms with Crippen molar-refractivity contribution in [2.45, 2.75) is 71.6 Å². The molecule has 3 nitrogen and oxygen atoms in total. The van der Waals surface area contributed by atoms with Crippen molar-refractivity contribution in [2.24, 2.45) is 0 Å². The van der Waals surface area contributed by atoms with Gasteiger partial charge < -0.3 is 0 Å². The topological polar surface area (TPSA) is 38.7 Å². The van der Waals surface area contributed by atoms with Crippen molar-refractivity contribution in [2.75, 3.05) is 0 Å². The highest BCUT2D eigenvalue weighted by molar-refractivity contribution is 5.28. The van der Waals surface area contributed by atoms with E-state index in [2.05, 4.69) is 87.9 Å². The van der Waals surface area contributed by atoms with Gasteiger partial charge in [-0.25, -0.2) is 0 Å². The Morgan fingerprint density at radius 1 is 0.783 bits per heavy atom. The number of nitrogens with zero attached hydrogens (tertiary/aromatic N) is 3. The van der Waals surface area contributed by atoms with Gasteiger partial charge in [-0.15, -0.1) is 0 Å². The van der Waals surface area contributed by atoms with Gasteiger partial charge in [0.15, 0.2) is 0 Å². The molecule has 2 rings (SSSR count). The van der Waals surface area contributed by atoms with E-state index in [0.29, 0.717) is 17.8 Å². The van der Waals surface area contributed by atoms with E-state index in [4.69, 9.17) is 0 Å². The first-order valence-electron chi connectivity index (χ1n) is 8.53. The molecule has 0 radical (unpaired) electrons. The molecule has 2 aromatic heterocycles. The molecule has 23 heavy (non-hydrogen) atoms. The number of hydrogen-bond acceptors (Lipinski definition) is 3. The molecule has 2 aromatic rings. The van der Waals surface area contributed by atoms with E-state index in [1.165, 1.54) is 5.56 Å². The fourth-order valence-corrected chi connectivity index (χ4v) is 2.65. The third kappa shape index (κ3) is 3.77. The van der Waals surface area contributed by atoms with Crippen molar-refractivity contribution in [3.63, 3.8) is 0 Å². The number of aromatic nitrogens is 3. The quantitative estimate of drug-likeness (QED) is 0.761. The third-order valence-corrected chi connectivity index (χ3v) is 4.92. The average Bonchev–Trinajstić information content (AvgIpc) is 2.54. The van der Waals surface area contributed by atoms with Gasteiger partial charge in [-0.3, -0.25) is 4.98 Å². The molecule has 0 saturated heterocycles. The summed E-state index contributed by atoms with van der Waals surface area (Å²) >= 11 is 0. The van der Waals surface area contributed by atoms with E-state index in [9.17, 15) is 0 Å². The molecule has 2 heterocycles. The Bertz CT molecular complexity index is 625. The van der Waals surface area contributed by atoms with E-state index in [1.54, 1.807) is 0 Å². The van der Waals surface area contributed by atoms with Crippen molar-refractivity contribution in [3.05, 3.63) is 53.1 Å². The Balaban J connectivity index is 2.26. The highest BCUT2D eigenvalue weighted by atomic mass is 15.1. The second-order valence-corrected chi connectivity index (χ2v) is 7.61. The lowest BCUT2D eigenvalue weighted by Gasteiger charge is -2.31. The lowest BCUT2D eigenvalue weighted by molar-refractivity contribution is 0.417. The van der Waals surface area contributed by atoms with Crippen molar-refractivity contribution in [3.8, 4) is 0 Å². The van der Waals surface area contributed by atoms with E-state index in [0.717, 1.165) is 17.1 Å². The van der Waals surface area contributed by atoms with E-state index in [-0.39, 0.29) is 5.41 Å². The molecule has 0 fully saturated rings. The highest BCUT2D eigenvalue weighted by Gasteiger charge is 2.31. The van der Waals surface area contributed by atoms with E-state index >= 15 is 0 Å². The van der Waals surface area contributed by atoms with Crippen molar-refractivity contribution in [1.29, 1.82) is 0 Å². The minimum Gasteiger partial charge on any atom is -0.261 e. The maximum absolute atomic E-state index is 4.61. The minimum absolute atomic E-state index is 0.0937. The Labute approximate surface area is 140 Å². The van der Waals surface area contributed by atoms with Gasteiger partial charge >= 0.3 is 0 Å². The molecule has 0 aliphatic heterocycles. The summed E-state index contributed by atoms with van der Waals surface area (Å²) in [6, 6.07) is 8.56. The average molecular weight is 311 g/mol. The van der Waals surface area contributed by atoms with Crippen LogP contribution in [0.15, 0.2) is 30.5 Å². The summed E-state index contributed by atoms with van der Waals surface area (Å²) in [7, 11) is 0. The molecule has 0 saturated carbocycles. The molecule has 0 aliphatic rings. The lowest BCUT2D eigenvalue weighted by Crippen LogP contribution is -2.27. The zero-order valence-corrected chi connectivity index (χ0v) is 15.5. The molecule has 3 heteroatoms. The van der Waals surface area contributed by atoms with Crippen LogP contribution in [-0.4, -0.2) is 15.2 Å². The fraction of sp³-hybridized carbons (Fsp3) is 0.550. The zero-order valence-electron chi connectivity index (χ0n) is 15.5. The molecular weight excluding hydrogens is 282 g/mol. The molecule has 0 aromatic carbocycles. The van der Waals surface area contributed by atoms with Gasteiger partial charge in [-0.05, 0) is 41.5 Å². The van der Waals surface area contributed by atoms with Crippen LogP contribution in [0.1, 0.15) is 88.9 Å². The number of rotatable bonds is 5. The monoisotopic (exact) mass is 311 g/mol. The third-order valence-electron chi connectivity index (χ3n) is 4.92. The smallest absolute Gasteiger partial charge is 0.0693 e. The Morgan fingerprint density at radius 2 is 1.39 bits per heavy atom.